The lowest BCUT2D eigenvalue weighted by Gasteiger charge is -2.10. The molecule has 1 aromatic heterocycles. The SMILES string of the molecule is COc1ccc(CCNCc2cc(=O)oc3cc(C)c(C)cc23)cc1. The Balaban J connectivity index is 1.68. The summed E-state index contributed by atoms with van der Waals surface area (Å²) < 4.78 is 10.5. The predicted molar refractivity (Wildman–Crippen MR) is 100 cm³/mol. The first-order chi connectivity index (χ1) is 12.1. The molecule has 4 heteroatoms. The molecule has 0 spiro atoms. The van der Waals surface area contributed by atoms with Crippen LogP contribution in [0.25, 0.3) is 11.0 Å². The van der Waals surface area contributed by atoms with Crippen molar-refractivity contribution in [1.82, 2.24) is 5.32 Å². The maximum absolute atomic E-state index is 11.8. The van der Waals surface area contributed by atoms with Gasteiger partial charge in [-0.3, -0.25) is 0 Å². The quantitative estimate of drug-likeness (QED) is 0.550. The van der Waals surface area contributed by atoms with Crippen LogP contribution in [0.3, 0.4) is 0 Å². The van der Waals surface area contributed by atoms with E-state index >= 15 is 0 Å². The van der Waals surface area contributed by atoms with E-state index in [1.807, 2.05) is 25.1 Å². The molecule has 0 radical (unpaired) electrons. The van der Waals surface area contributed by atoms with Crippen molar-refractivity contribution in [2.24, 2.45) is 0 Å². The summed E-state index contributed by atoms with van der Waals surface area (Å²) in [6.07, 6.45) is 0.918. The van der Waals surface area contributed by atoms with Gasteiger partial charge in [0.15, 0.2) is 0 Å². The molecular weight excluding hydrogens is 314 g/mol. The third-order valence-electron chi connectivity index (χ3n) is 4.51. The van der Waals surface area contributed by atoms with Crippen LogP contribution in [0.1, 0.15) is 22.3 Å². The molecule has 0 atom stereocenters. The molecule has 0 unspecified atom stereocenters. The van der Waals surface area contributed by atoms with E-state index in [0.29, 0.717) is 12.1 Å². The van der Waals surface area contributed by atoms with Gasteiger partial charge in [-0.1, -0.05) is 12.1 Å². The molecule has 0 saturated carbocycles. The van der Waals surface area contributed by atoms with Gasteiger partial charge in [0, 0.05) is 18.0 Å². The van der Waals surface area contributed by atoms with Gasteiger partial charge in [0.05, 0.1) is 7.11 Å². The van der Waals surface area contributed by atoms with E-state index in [2.05, 4.69) is 30.4 Å². The Morgan fingerprint density at radius 3 is 2.48 bits per heavy atom. The maximum Gasteiger partial charge on any atom is 0.336 e. The average molecular weight is 337 g/mol. The molecular formula is C21H23NO3. The van der Waals surface area contributed by atoms with Crippen LogP contribution in [0, 0.1) is 13.8 Å². The lowest BCUT2D eigenvalue weighted by molar-refractivity contribution is 0.414. The van der Waals surface area contributed by atoms with Crippen LogP contribution >= 0.6 is 0 Å². The van der Waals surface area contributed by atoms with Gasteiger partial charge in [0.2, 0.25) is 0 Å². The standard InChI is InChI=1S/C21H23NO3/c1-14-10-19-17(12-21(23)25-20(19)11-15(14)2)13-22-9-8-16-4-6-18(24-3)7-5-16/h4-7,10-12,22H,8-9,13H2,1-3H3. The lowest BCUT2D eigenvalue weighted by atomic mass is 10.0. The first kappa shape index (κ1) is 17.2. The van der Waals surface area contributed by atoms with E-state index in [-0.39, 0.29) is 5.63 Å². The van der Waals surface area contributed by atoms with Gasteiger partial charge in [-0.15, -0.1) is 0 Å². The van der Waals surface area contributed by atoms with Crippen molar-refractivity contribution in [1.29, 1.82) is 0 Å². The molecule has 4 nitrogen and oxygen atoms in total. The summed E-state index contributed by atoms with van der Waals surface area (Å²) in [5, 5.41) is 4.42. The fraction of sp³-hybridized carbons (Fsp3) is 0.286. The van der Waals surface area contributed by atoms with Gasteiger partial charge in [-0.05, 0) is 73.3 Å². The smallest absolute Gasteiger partial charge is 0.336 e. The summed E-state index contributed by atoms with van der Waals surface area (Å²) in [6.45, 7) is 5.56. The highest BCUT2D eigenvalue weighted by molar-refractivity contribution is 5.81. The van der Waals surface area contributed by atoms with Crippen LogP contribution in [0.4, 0.5) is 0 Å². The number of benzene rings is 2. The van der Waals surface area contributed by atoms with Crippen LogP contribution in [0.5, 0.6) is 5.75 Å². The number of nitrogens with one attached hydrogen (secondary N) is 1. The molecule has 0 aliphatic rings. The Hall–Kier alpha value is -2.59. The van der Waals surface area contributed by atoms with E-state index in [1.165, 1.54) is 11.1 Å². The van der Waals surface area contributed by atoms with Crippen molar-refractivity contribution in [2.45, 2.75) is 26.8 Å². The van der Waals surface area contributed by atoms with Crippen molar-refractivity contribution >= 4 is 11.0 Å². The van der Waals surface area contributed by atoms with Gasteiger partial charge in [0.1, 0.15) is 11.3 Å². The number of methoxy groups -OCH3 is 1. The molecule has 3 rings (SSSR count). The minimum atomic E-state index is -0.303. The highest BCUT2D eigenvalue weighted by Crippen LogP contribution is 2.21. The molecule has 2 aromatic carbocycles. The van der Waals surface area contributed by atoms with Crippen molar-refractivity contribution in [3.63, 3.8) is 0 Å². The van der Waals surface area contributed by atoms with Crippen molar-refractivity contribution in [3.05, 3.63) is 75.1 Å². The Morgan fingerprint density at radius 1 is 1.04 bits per heavy atom. The minimum Gasteiger partial charge on any atom is -0.497 e. The highest BCUT2D eigenvalue weighted by atomic mass is 16.5. The van der Waals surface area contributed by atoms with Gasteiger partial charge in [-0.25, -0.2) is 4.79 Å². The van der Waals surface area contributed by atoms with Crippen molar-refractivity contribution in [3.8, 4) is 5.75 Å². The third kappa shape index (κ3) is 4.09. The molecule has 0 amide bonds. The van der Waals surface area contributed by atoms with E-state index < -0.39 is 0 Å². The van der Waals surface area contributed by atoms with Gasteiger partial charge in [-0.2, -0.15) is 0 Å². The van der Waals surface area contributed by atoms with E-state index in [4.69, 9.17) is 9.15 Å². The zero-order valence-electron chi connectivity index (χ0n) is 14.9. The van der Waals surface area contributed by atoms with E-state index in [9.17, 15) is 4.79 Å². The maximum atomic E-state index is 11.8. The van der Waals surface area contributed by atoms with Crippen molar-refractivity contribution < 1.29 is 9.15 Å². The summed E-state index contributed by atoms with van der Waals surface area (Å²) >= 11 is 0. The molecule has 0 aliphatic heterocycles. The molecule has 0 aliphatic carbocycles. The monoisotopic (exact) mass is 337 g/mol. The van der Waals surface area contributed by atoms with E-state index in [1.54, 1.807) is 13.2 Å². The van der Waals surface area contributed by atoms with E-state index in [0.717, 1.165) is 35.2 Å². The Morgan fingerprint density at radius 2 is 1.76 bits per heavy atom. The number of aryl methyl sites for hydroxylation is 2. The minimum absolute atomic E-state index is 0.303. The summed E-state index contributed by atoms with van der Waals surface area (Å²) in [5.41, 5.74) is 4.90. The molecule has 0 fully saturated rings. The highest BCUT2D eigenvalue weighted by Gasteiger charge is 2.07. The Kier molecular flexibility index (Phi) is 5.19. The first-order valence-corrected chi connectivity index (χ1v) is 8.44. The number of rotatable bonds is 6. The molecule has 25 heavy (non-hydrogen) atoms. The van der Waals surface area contributed by atoms with Crippen molar-refractivity contribution in [2.75, 3.05) is 13.7 Å². The molecule has 130 valence electrons. The summed E-state index contributed by atoms with van der Waals surface area (Å²) in [4.78, 5) is 11.8. The summed E-state index contributed by atoms with van der Waals surface area (Å²) in [6, 6.07) is 13.7. The summed E-state index contributed by atoms with van der Waals surface area (Å²) in [7, 11) is 1.67. The van der Waals surface area contributed by atoms with Crippen LogP contribution < -0.4 is 15.7 Å². The first-order valence-electron chi connectivity index (χ1n) is 8.44. The second-order valence-electron chi connectivity index (χ2n) is 6.30. The van der Waals surface area contributed by atoms with Gasteiger partial charge < -0.3 is 14.5 Å². The molecule has 1 N–H and O–H groups in total. The Labute approximate surface area is 147 Å². The molecule has 0 bridgehead atoms. The zero-order valence-corrected chi connectivity index (χ0v) is 14.9. The van der Waals surface area contributed by atoms with Crippen LogP contribution in [0.2, 0.25) is 0 Å². The second kappa shape index (κ2) is 7.53. The fourth-order valence-corrected chi connectivity index (χ4v) is 2.88. The molecule has 0 saturated heterocycles. The number of hydrogen-bond acceptors (Lipinski definition) is 4. The molecule has 1 heterocycles. The predicted octanol–water partition coefficient (Wildman–Crippen LogP) is 3.75. The largest absolute Gasteiger partial charge is 0.497 e. The number of hydrogen-bond donors (Lipinski definition) is 1. The number of fused-ring (bicyclic) bond motifs is 1. The van der Waals surface area contributed by atoms with Crippen LogP contribution in [0.15, 0.2) is 51.7 Å². The normalized spacial score (nSPS) is 11.0. The number of ether oxygens (including phenoxy) is 1. The fourth-order valence-electron chi connectivity index (χ4n) is 2.88. The lowest BCUT2D eigenvalue weighted by Crippen LogP contribution is -2.18. The third-order valence-corrected chi connectivity index (χ3v) is 4.51. The van der Waals surface area contributed by atoms with Gasteiger partial charge in [0.25, 0.3) is 0 Å². The molecule has 3 aromatic rings. The van der Waals surface area contributed by atoms with Crippen LogP contribution in [-0.4, -0.2) is 13.7 Å². The Bertz CT molecular complexity index is 926. The average Bonchev–Trinajstić information content (AvgIpc) is 2.60. The van der Waals surface area contributed by atoms with Gasteiger partial charge >= 0.3 is 5.63 Å². The second-order valence-corrected chi connectivity index (χ2v) is 6.30. The zero-order chi connectivity index (χ0) is 17.8. The van der Waals surface area contributed by atoms with Crippen LogP contribution in [-0.2, 0) is 13.0 Å². The topological polar surface area (TPSA) is 51.5 Å². The summed E-state index contributed by atoms with van der Waals surface area (Å²) in [5.74, 6) is 0.866.